The van der Waals surface area contributed by atoms with E-state index < -0.39 is 17.8 Å². The molecule has 2 amide bonds. The summed E-state index contributed by atoms with van der Waals surface area (Å²) in [5, 5.41) is 2.31. The molecule has 0 spiro atoms. The molecule has 0 saturated heterocycles. The van der Waals surface area contributed by atoms with Crippen molar-refractivity contribution >= 4 is 11.7 Å². The van der Waals surface area contributed by atoms with Gasteiger partial charge in [0.05, 0.1) is 11.3 Å². The Morgan fingerprint density at radius 1 is 1.33 bits per heavy atom. The maximum Gasteiger partial charge on any atom is 0.418 e. The highest BCUT2D eigenvalue weighted by atomic mass is 19.4. The molecule has 0 aliphatic heterocycles. The maximum absolute atomic E-state index is 12.7. The minimum absolute atomic E-state index is 0.156. The summed E-state index contributed by atoms with van der Waals surface area (Å²) in [6, 6.07) is 4.61. The predicted octanol–water partition coefficient (Wildman–Crippen LogP) is 3.33. The fourth-order valence-corrected chi connectivity index (χ4v) is 1.67. The second-order valence-electron chi connectivity index (χ2n) is 4.32. The van der Waals surface area contributed by atoms with Gasteiger partial charge in [-0.1, -0.05) is 12.1 Å². The Balaban J connectivity index is 2.16. The molecule has 1 aromatic rings. The van der Waals surface area contributed by atoms with E-state index in [1.807, 2.05) is 0 Å². The van der Waals surface area contributed by atoms with Crippen LogP contribution in [0.1, 0.15) is 18.4 Å². The van der Waals surface area contributed by atoms with E-state index in [0.29, 0.717) is 0 Å². The van der Waals surface area contributed by atoms with Crippen molar-refractivity contribution in [1.82, 2.24) is 4.90 Å². The monoisotopic (exact) mass is 258 g/mol. The normalized spacial score (nSPS) is 15.3. The summed E-state index contributed by atoms with van der Waals surface area (Å²) in [5.74, 6) is 0. The number of halogens is 3. The molecule has 0 atom stereocenters. The zero-order valence-electron chi connectivity index (χ0n) is 9.79. The van der Waals surface area contributed by atoms with E-state index in [-0.39, 0.29) is 11.7 Å². The summed E-state index contributed by atoms with van der Waals surface area (Å²) in [7, 11) is 1.59. The summed E-state index contributed by atoms with van der Waals surface area (Å²) < 4.78 is 38.1. The van der Waals surface area contributed by atoms with Crippen LogP contribution in [0.15, 0.2) is 24.3 Å². The summed E-state index contributed by atoms with van der Waals surface area (Å²) in [6.45, 7) is 0. The van der Waals surface area contributed by atoms with Gasteiger partial charge in [-0.25, -0.2) is 4.79 Å². The topological polar surface area (TPSA) is 32.3 Å². The summed E-state index contributed by atoms with van der Waals surface area (Å²) in [6.07, 6.45) is -2.66. The first-order valence-corrected chi connectivity index (χ1v) is 5.59. The standard InChI is InChI=1S/C12H13F3N2O/c1-17(8-6-7-8)11(18)16-10-5-3-2-4-9(10)12(13,14)15/h2-5,8H,6-7H2,1H3,(H,16,18). The molecule has 0 aromatic heterocycles. The van der Waals surface area contributed by atoms with Gasteiger partial charge in [0.25, 0.3) is 0 Å². The number of carbonyl (C=O) groups excluding carboxylic acids is 1. The van der Waals surface area contributed by atoms with Crippen molar-refractivity contribution in [3.8, 4) is 0 Å². The van der Waals surface area contributed by atoms with E-state index >= 15 is 0 Å². The summed E-state index contributed by atoms with van der Waals surface area (Å²) >= 11 is 0. The number of nitrogens with zero attached hydrogens (tertiary/aromatic N) is 1. The number of urea groups is 1. The molecule has 0 bridgehead atoms. The lowest BCUT2D eigenvalue weighted by molar-refractivity contribution is -0.136. The van der Waals surface area contributed by atoms with Crippen molar-refractivity contribution in [1.29, 1.82) is 0 Å². The molecule has 0 radical (unpaired) electrons. The minimum atomic E-state index is -4.47. The van der Waals surface area contributed by atoms with Crippen molar-refractivity contribution in [2.75, 3.05) is 12.4 Å². The van der Waals surface area contributed by atoms with E-state index in [0.717, 1.165) is 18.9 Å². The number of nitrogens with one attached hydrogen (secondary N) is 1. The number of para-hydroxylation sites is 1. The van der Waals surface area contributed by atoms with Crippen LogP contribution in [0.2, 0.25) is 0 Å². The fraction of sp³-hybridized carbons (Fsp3) is 0.417. The molecule has 98 valence electrons. The smallest absolute Gasteiger partial charge is 0.325 e. The maximum atomic E-state index is 12.7. The highest BCUT2D eigenvalue weighted by Crippen LogP contribution is 2.35. The number of benzene rings is 1. The van der Waals surface area contributed by atoms with E-state index in [4.69, 9.17) is 0 Å². The third kappa shape index (κ3) is 2.75. The van der Waals surface area contributed by atoms with E-state index in [9.17, 15) is 18.0 Å². The zero-order valence-corrected chi connectivity index (χ0v) is 9.79. The number of hydrogen-bond donors (Lipinski definition) is 1. The van der Waals surface area contributed by atoms with Gasteiger partial charge in [0.1, 0.15) is 0 Å². The first-order valence-electron chi connectivity index (χ1n) is 5.59. The Morgan fingerprint density at radius 2 is 1.94 bits per heavy atom. The largest absolute Gasteiger partial charge is 0.418 e. The van der Waals surface area contributed by atoms with Crippen molar-refractivity contribution in [3.05, 3.63) is 29.8 Å². The Morgan fingerprint density at radius 3 is 2.50 bits per heavy atom. The lowest BCUT2D eigenvalue weighted by Crippen LogP contribution is -2.33. The molecule has 0 heterocycles. The number of hydrogen-bond acceptors (Lipinski definition) is 1. The Kier molecular flexibility index (Phi) is 3.19. The molecule has 1 aromatic carbocycles. The fourth-order valence-electron chi connectivity index (χ4n) is 1.67. The Labute approximate surface area is 103 Å². The molecule has 6 heteroatoms. The molecule has 1 fully saturated rings. The number of alkyl halides is 3. The van der Waals surface area contributed by atoms with Gasteiger partial charge in [-0.15, -0.1) is 0 Å². The molecule has 2 rings (SSSR count). The van der Waals surface area contributed by atoms with Gasteiger partial charge in [0, 0.05) is 13.1 Å². The first-order chi connectivity index (χ1) is 8.39. The quantitative estimate of drug-likeness (QED) is 0.867. The number of anilines is 1. The number of carbonyl (C=O) groups is 1. The molecule has 18 heavy (non-hydrogen) atoms. The van der Waals surface area contributed by atoms with Gasteiger partial charge in [0.2, 0.25) is 0 Å². The van der Waals surface area contributed by atoms with Gasteiger partial charge in [0.15, 0.2) is 0 Å². The van der Waals surface area contributed by atoms with Gasteiger partial charge in [-0.2, -0.15) is 13.2 Å². The molecule has 0 unspecified atom stereocenters. The SMILES string of the molecule is CN(C(=O)Nc1ccccc1C(F)(F)F)C1CC1. The van der Waals surface area contributed by atoms with Crippen molar-refractivity contribution < 1.29 is 18.0 Å². The first kappa shape index (κ1) is 12.7. The Bertz CT molecular complexity index is 455. The van der Waals surface area contributed by atoms with Crippen LogP contribution in [0.25, 0.3) is 0 Å². The van der Waals surface area contributed by atoms with E-state index in [1.54, 1.807) is 7.05 Å². The second kappa shape index (κ2) is 4.51. The van der Waals surface area contributed by atoms with Crippen LogP contribution in [0.3, 0.4) is 0 Å². The van der Waals surface area contributed by atoms with Crippen LogP contribution >= 0.6 is 0 Å². The lowest BCUT2D eigenvalue weighted by Gasteiger charge is -2.19. The highest BCUT2D eigenvalue weighted by molar-refractivity contribution is 5.90. The minimum Gasteiger partial charge on any atom is -0.325 e. The molecule has 1 aliphatic carbocycles. The highest BCUT2D eigenvalue weighted by Gasteiger charge is 2.35. The van der Waals surface area contributed by atoms with Crippen LogP contribution in [-0.4, -0.2) is 24.0 Å². The van der Waals surface area contributed by atoms with Crippen molar-refractivity contribution in [2.45, 2.75) is 25.1 Å². The molecule has 3 nitrogen and oxygen atoms in total. The third-order valence-corrected chi connectivity index (χ3v) is 2.89. The number of amides is 2. The van der Waals surface area contributed by atoms with Crippen molar-refractivity contribution in [2.24, 2.45) is 0 Å². The van der Waals surface area contributed by atoms with Crippen LogP contribution in [0.5, 0.6) is 0 Å². The van der Waals surface area contributed by atoms with Crippen LogP contribution in [-0.2, 0) is 6.18 Å². The summed E-state index contributed by atoms with van der Waals surface area (Å²) in [5.41, 5.74) is -1.04. The number of rotatable bonds is 2. The summed E-state index contributed by atoms with van der Waals surface area (Å²) in [4.78, 5) is 13.2. The van der Waals surface area contributed by atoms with E-state index in [2.05, 4.69) is 5.32 Å². The van der Waals surface area contributed by atoms with E-state index in [1.165, 1.54) is 23.1 Å². The van der Waals surface area contributed by atoms with Gasteiger partial charge >= 0.3 is 12.2 Å². The zero-order chi connectivity index (χ0) is 13.3. The average molecular weight is 258 g/mol. The van der Waals surface area contributed by atoms with Gasteiger partial charge in [-0.3, -0.25) is 0 Å². The third-order valence-electron chi connectivity index (χ3n) is 2.89. The second-order valence-corrected chi connectivity index (χ2v) is 4.32. The van der Waals surface area contributed by atoms with Crippen LogP contribution in [0, 0.1) is 0 Å². The Hall–Kier alpha value is -1.72. The predicted molar refractivity (Wildman–Crippen MR) is 61.2 cm³/mol. The van der Waals surface area contributed by atoms with Gasteiger partial charge < -0.3 is 10.2 Å². The molecule has 1 aliphatic rings. The van der Waals surface area contributed by atoms with Crippen LogP contribution < -0.4 is 5.32 Å². The average Bonchev–Trinajstić information content (AvgIpc) is 3.11. The molecular formula is C12H13F3N2O. The molecule has 1 N–H and O–H groups in total. The molecule has 1 saturated carbocycles. The van der Waals surface area contributed by atoms with Gasteiger partial charge in [-0.05, 0) is 25.0 Å². The van der Waals surface area contributed by atoms with Crippen molar-refractivity contribution in [3.63, 3.8) is 0 Å². The molecular weight excluding hydrogens is 245 g/mol. The van der Waals surface area contributed by atoms with Crippen LogP contribution in [0.4, 0.5) is 23.7 Å². The lowest BCUT2D eigenvalue weighted by atomic mass is 10.1.